The predicted molar refractivity (Wildman–Crippen MR) is 179 cm³/mol. The Kier molecular flexibility index (Phi) is 9.36. The van der Waals surface area contributed by atoms with Gasteiger partial charge in [-0.3, -0.25) is 14.9 Å². The highest BCUT2D eigenvalue weighted by Gasteiger charge is 2.21. The number of hydroxylamine groups is 1. The highest BCUT2D eigenvalue weighted by molar-refractivity contribution is 7.19. The highest BCUT2D eigenvalue weighted by Crippen LogP contribution is 2.35. The third-order valence-corrected chi connectivity index (χ3v) is 8.98. The number of benzene rings is 2. The Hall–Kier alpha value is -4.36. The fourth-order valence-electron chi connectivity index (χ4n) is 5.58. The maximum atomic E-state index is 11.4. The van der Waals surface area contributed by atoms with Gasteiger partial charge in [0.15, 0.2) is 11.6 Å². The topological polar surface area (TPSA) is 135 Å². The first-order valence-electron chi connectivity index (χ1n) is 15.2. The first-order valence-corrected chi connectivity index (χ1v) is 16.0. The third-order valence-electron chi connectivity index (χ3n) is 7.88. The van der Waals surface area contributed by atoms with E-state index in [1.54, 1.807) is 22.9 Å². The molecule has 2 aromatic carbocycles. The first kappa shape index (κ1) is 30.7. The molecule has 1 amide bonds. The summed E-state index contributed by atoms with van der Waals surface area (Å²) in [4.78, 5) is 32.2. The van der Waals surface area contributed by atoms with Crippen LogP contribution in [0, 0.1) is 0 Å². The minimum atomic E-state index is -0.569. The van der Waals surface area contributed by atoms with E-state index in [2.05, 4.69) is 40.5 Å². The number of nitrogens with one attached hydrogen (secondary N) is 1. The molecule has 45 heavy (non-hydrogen) atoms. The van der Waals surface area contributed by atoms with Gasteiger partial charge in [-0.1, -0.05) is 13.0 Å². The van der Waals surface area contributed by atoms with Crippen molar-refractivity contribution in [3.63, 3.8) is 0 Å². The standard InChI is InChI=1S/C33H38N8O3S/c1-3-4-29-35-26-19-22(6-12-30(42)38-43)5-11-28(26)41(29)14-13-39(2)21-25-20-27-31(45-25)33(40-15-17-44-18-16-40)37-32(36-27)23-7-9-24(34)10-8-23/h5-12,19-20,43H,3-4,13-18,21,34H2,1-2H3,(H,38,42). The van der Waals surface area contributed by atoms with Crippen molar-refractivity contribution in [1.82, 2.24) is 29.9 Å². The monoisotopic (exact) mass is 626 g/mol. The zero-order chi connectivity index (χ0) is 31.3. The van der Waals surface area contributed by atoms with Crippen LogP contribution in [-0.4, -0.2) is 75.4 Å². The molecule has 12 heteroatoms. The Morgan fingerprint density at radius 1 is 1.11 bits per heavy atom. The van der Waals surface area contributed by atoms with Crippen LogP contribution in [0.15, 0.2) is 54.6 Å². The molecule has 6 rings (SSSR count). The van der Waals surface area contributed by atoms with Gasteiger partial charge in [0.25, 0.3) is 5.91 Å². The van der Waals surface area contributed by atoms with Crippen LogP contribution < -0.4 is 16.1 Å². The number of ether oxygens (including phenoxy) is 1. The Labute approximate surface area is 265 Å². The average Bonchev–Trinajstić information content (AvgIpc) is 3.62. The van der Waals surface area contributed by atoms with E-state index in [1.165, 1.54) is 11.0 Å². The number of nitrogens with two attached hydrogens (primary N) is 1. The van der Waals surface area contributed by atoms with Gasteiger partial charge in [0.05, 0.1) is 34.5 Å². The van der Waals surface area contributed by atoms with Gasteiger partial charge in [0.2, 0.25) is 0 Å². The van der Waals surface area contributed by atoms with Crippen LogP contribution in [0.2, 0.25) is 0 Å². The van der Waals surface area contributed by atoms with E-state index in [0.29, 0.717) is 24.7 Å². The molecule has 234 valence electrons. The van der Waals surface area contributed by atoms with Gasteiger partial charge in [0.1, 0.15) is 5.82 Å². The molecule has 1 aliphatic heterocycles. The summed E-state index contributed by atoms with van der Waals surface area (Å²) in [7, 11) is 2.15. The van der Waals surface area contributed by atoms with Crippen molar-refractivity contribution in [3.05, 3.63) is 70.9 Å². The normalized spacial score (nSPS) is 13.9. The molecule has 1 fully saturated rings. The number of aromatic nitrogens is 4. The quantitative estimate of drug-likeness (QED) is 0.0823. The Morgan fingerprint density at radius 3 is 2.67 bits per heavy atom. The third kappa shape index (κ3) is 6.99. The van der Waals surface area contributed by atoms with E-state index < -0.39 is 5.91 Å². The summed E-state index contributed by atoms with van der Waals surface area (Å²) < 4.78 is 9.03. The summed E-state index contributed by atoms with van der Waals surface area (Å²) in [5.41, 5.74) is 13.0. The molecule has 0 saturated carbocycles. The van der Waals surface area contributed by atoms with Crippen molar-refractivity contribution in [2.24, 2.45) is 0 Å². The van der Waals surface area contributed by atoms with Crippen LogP contribution in [0.4, 0.5) is 11.5 Å². The smallest absolute Gasteiger partial charge is 0.267 e. The lowest BCUT2D eigenvalue weighted by Crippen LogP contribution is -2.36. The number of carbonyl (C=O) groups is 1. The van der Waals surface area contributed by atoms with Gasteiger partial charge in [-0.2, -0.15) is 0 Å². The van der Waals surface area contributed by atoms with Crippen LogP contribution in [0.1, 0.15) is 29.6 Å². The highest BCUT2D eigenvalue weighted by atomic mass is 32.1. The summed E-state index contributed by atoms with van der Waals surface area (Å²) in [5.74, 6) is 2.15. The number of rotatable bonds is 11. The van der Waals surface area contributed by atoms with Crippen LogP contribution in [0.5, 0.6) is 0 Å². The second-order valence-corrected chi connectivity index (χ2v) is 12.4. The number of anilines is 2. The van der Waals surface area contributed by atoms with E-state index in [1.807, 2.05) is 36.4 Å². The predicted octanol–water partition coefficient (Wildman–Crippen LogP) is 4.73. The number of aryl methyl sites for hydroxylation is 1. The van der Waals surface area contributed by atoms with Gasteiger partial charge in [0, 0.05) is 61.3 Å². The molecule has 0 unspecified atom stereocenters. The SMILES string of the molecule is CCCc1nc2cc(C=CC(=O)NO)ccc2n1CCN(C)Cc1cc2nc(-c3ccc(N)cc3)nc(N3CCOCC3)c2s1. The fourth-order valence-corrected chi connectivity index (χ4v) is 6.78. The number of hydrogen-bond donors (Lipinski definition) is 3. The molecule has 1 saturated heterocycles. The van der Waals surface area contributed by atoms with Crippen molar-refractivity contribution in [3.8, 4) is 11.4 Å². The molecule has 3 aromatic heterocycles. The summed E-state index contributed by atoms with van der Waals surface area (Å²) >= 11 is 1.76. The van der Waals surface area contributed by atoms with E-state index >= 15 is 0 Å². The zero-order valence-corrected chi connectivity index (χ0v) is 26.4. The van der Waals surface area contributed by atoms with Crippen LogP contribution in [0.3, 0.4) is 0 Å². The molecule has 11 nitrogen and oxygen atoms in total. The second kappa shape index (κ2) is 13.7. The summed E-state index contributed by atoms with van der Waals surface area (Å²) in [6.07, 6.45) is 4.83. The van der Waals surface area contributed by atoms with E-state index in [0.717, 1.165) is 89.6 Å². The molecule has 0 atom stereocenters. The first-order chi connectivity index (χ1) is 21.9. The lowest BCUT2D eigenvalue weighted by Gasteiger charge is -2.28. The largest absolute Gasteiger partial charge is 0.399 e. The van der Waals surface area contributed by atoms with Crippen LogP contribution in [0.25, 0.3) is 38.7 Å². The molecule has 0 radical (unpaired) electrons. The second-order valence-electron chi connectivity index (χ2n) is 11.2. The number of thiophene rings is 1. The molecule has 4 N–H and O–H groups in total. The van der Waals surface area contributed by atoms with Gasteiger partial charge in [-0.25, -0.2) is 20.4 Å². The maximum absolute atomic E-state index is 11.4. The summed E-state index contributed by atoms with van der Waals surface area (Å²) in [6.45, 7) is 7.56. The molecule has 4 heterocycles. The maximum Gasteiger partial charge on any atom is 0.267 e. The molecule has 1 aliphatic rings. The molecular formula is C33H38N8O3S. The van der Waals surface area contributed by atoms with Crippen molar-refractivity contribution >= 4 is 56.1 Å². The molecule has 0 bridgehead atoms. The van der Waals surface area contributed by atoms with E-state index in [4.69, 9.17) is 30.6 Å². The molecule has 0 spiro atoms. The van der Waals surface area contributed by atoms with Crippen molar-refractivity contribution in [1.29, 1.82) is 0 Å². The number of morpholine rings is 1. The Morgan fingerprint density at radius 2 is 1.91 bits per heavy atom. The van der Waals surface area contributed by atoms with Gasteiger partial charge in [-0.15, -0.1) is 11.3 Å². The van der Waals surface area contributed by atoms with Crippen LogP contribution >= 0.6 is 11.3 Å². The molecular weight excluding hydrogens is 588 g/mol. The number of imidazole rings is 1. The number of amides is 1. The minimum Gasteiger partial charge on any atom is -0.399 e. The summed E-state index contributed by atoms with van der Waals surface area (Å²) in [5, 5.41) is 8.76. The molecule has 5 aromatic rings. The average molecular weight is 627 g/mol. The van der Waals surface area contributed by atoms with Crippen molar-refractivity contribution < 1.29 is 14.7 Å². The van der Waals surface area contributed by atoms with Gasteiger partial charge >= 0.3 is 0 Å². The number of nitrogens with zero attached hydrogens (tertiary/aromatic N) is 6. The number of carbonyl (C=O) groups excluding carboxylic acids is 1. The van der Waals surface area contributed by atoms with Gasteiger partial charge in [-0.05, 0) is 67.6 Å². The number of hydrogen-bond acceptors (Lipinski definition) is 10. The number of nitrogen functional groups attached to an aromatic ring is 1. The Bertz CT molecular complexity index is 1830. The zero-order valence-electron chi connectivity index (χ0n) is 25.6. The van der Waals surface area contributed by atoms with Gasteiger partial charge < -0.3 is 19.9 Å². The van der Waals surface area contributed by atoms with Crippen LogP contribution in [-0.2, 0) is 29.0 Å². The Balaban J connectivity index is 1.22. The number of fused-ring (bicyclic) bond motifs is 2. The minimum absolute atomic E-state index is 0.569. The number of likely N-dealkylation sites (N-methyl/N-ethyl adjacent to an activating group) is 1. The van der Waals surface area contributed by atoms with Crippen molar-refractivity contribution in [2.45, 2.75) is 32.9 Å². The summed E-state index contributed by atoms with van der Waals surface area (Å²) in [6, 6.07) is 15.9. The van der Waals surface area contributed by atoms with E-state index in [-0.39, 0.29) is 0 Å². The lowest BCUT2D eigenvalue weighted by molar-refractivity contribution is -0.124. The lowest BCUT2D eigenvalue weighted by atomic mass is 10.2. The van der Waals surface area contributed by atoms with E-state index in [9.17, 15) is 4.79 Å². The molecule has 0 aliphatic carbocycles. The van der Waals surface area contributed by atoms with Crippen molar-refractivity contribution in [2.75, 3.05) is 50.5 Å². The fraction of sp³-hybridized carbons (Fsp3) is 0.333.